The summed E-state index contributed by atoms with van der Waals surface area (Å²) >= 11 is 0. The van der Waals surface area contributed by atoms with Gasteiger partial charge in [-0.15, -0.1) is 0 Å². The van der Waals surface area contributed by atoms with Gasteiger partial charge in [0.05, 0.1) is 0 Å². The summed E-state index contributed by atoms with van der Waals surface area (Å²) in [4.78, 5) is 21.7. The molecule has 0 atom stereocenters. The number of ether oxygens (including phenoxy) is 1. The van der Waals surface area contributed by atoms with E-state index in [1.165, 1.54) is 6.92 Å². The van der Waals surface area contributed by atoms with Crippen LogP contribution in [0.15, 0.2) is 36.4 Å². The Morgan fingerprint density at radius 1 is 1.22 bits per heavy atom. The maximum atomic E-state index is 11.0. The number of esters is 1. The molecule has 18 heavy (non-hydrogen) atoms. The van der Waals surface area contributed by atoms with Crippen LogP contribution in [0.5, 0.6) is 11.5 Å². The van der Waals surface area contributed by atoms with Gasteiger partial charge >= 0.3 is 106 Å². The predicted octanol–water partition coefficient (Wildman–Crippen LogP) is 2.57. The van der Waals surface area contributed by atoms with E-state index in [-0.39, 0.29) is 0 Å². The van der Waals surface area contributed by atoms with Crippen LogP contribution >= 0.6 is 7.06 Å². The average molecular weight is 268 g/mol. The molecule has 2 rings (SSSR count). The first-order chi connectivity index (χ1) is 8.37. The van der Waals surface area contributed by atoms with E-state index in [1.807, 2.05) is 12.2 Å². The van der Waals surface area contributed by atoms with Crippen molar-refractivity contribution in [2.24, 2.45) is 0 Å². The minimum atomic E-state index is -3.18. The third-order valence-electron chi connectivity index (χ3n) is 2.78. The number of hydrogen-bond donors (Lipinski definition) is 1. The second kappa shape index (κ2) is 4.38. The van der Waals surface area contributed by atoms with E-state index in [9.17, 15) is 9.69 Å². The SMILES string of the molecule is CC(=O)Oc1ccccc1OP1(C)(O)CC=CC1. The molecule has 4 nitrogen and oxygen atoms in total. The van der Waals surface area contributed by atoms with Crippen molar-refractivity contribution in [2.45, 2.75) is 6.92 Å². The summed E-state index contributed by atoms with van der Waals surface area (Å²) in [5.41, 5.74) is 0. The molecule has 1 aliphatic rings. The molecule has 1 aliphatic heterocycles. The topological polar surface area (TPSA) is 55.8 Å². The number of benzene rings is 1. The van der Waals surface area contributed by atoms with Gasteiger partial charge in [0, 0.05) is 0 Å². The molecule has 0 radical (unpaired) electrons. The second-order valence-corrected chi connectivity index (χ2v) is 9.47. The molecule has 0 fully saturated rings. The fraction of sp³-hybridized carbons (Fsp3) is 0.308. The number of para-hydroxylation sites is 2. The van der Waals surface area contributed by atoms with Crippen molar-refractivity contribution in [1.82, 2.24) is 0 Å². The quantitative estimate of drug-likeness (QED) is 0.396. The van der Waals surface area contributed by atoms with Crippen molar-refractivity contribution >= 4 is 13.0 Å². The molecule has 1 N–H and O–H groups in total. The molecule has 0 aromatic heterocycles. The number of rotatable bonds is 3. The van der Waals surface area contributed by atoms with Crippen LogP contribution in [0.25, 0.3) is 0 Å². The molecule has 0 aliphatic carbocycles. The molecule has 5 heteroatoms. The van der Waals surface area contributed by atoms with E-state index in [1.54, 1.807) is 30.9 Å². The first-order valence-electron chi connectivity index (χ1n) is 5.76. The van der Waals surface area contributed by atoms with Crippen molar-refractivity contribution in [3.8, 4) is 11.5 Å². The Morgan fingerprint density at radius 2 is 1.78 bits per heavy atom. The Bertz CT molecular complexity index is 495. The van der Waals surface area contributed by atoms with Crippen molar-refractivity contribution in [3.05, 3.63) is 36.4 Å². The standard InChI is InChI=1S/C13H17O4P/c1-11(14)16-12-7-3-4-8-13(12)17-18(2,15)9-5-6-10-18/h3-8,15H,9-10H2,1-2H3. The maximum absolute atomic E-state index is 11.0. The van der Waals surface area contributed by atoms with Crippen LogP contribution in [0.3, 0.4) is 0 Å². The molecule has 1 aromatic carbocycles. The van der Waals surface area contributed by atoms with Gasteiger partial charge in [-0.2, -0.15) is 0 Å². The van der Waals surface area contributed by atoms with E-state index in [2.05, 4.69) is 0 Å². The molecular weight excluding hydrogens is 251 g/mol. The van der Waals surface area contributed by atoms with Gasteiger partial charge in [-0.1, -0.05) is 0 Å². The molecule has 0 unspecified atom stereocenters. The molecule has 0 bridgehead atoms. The van der Waals surface area contributed by atoms with E-state index < -0.39 is 13.0 Å². The van der Waals surface area contributed by atoms with Crippen LogP contribution in [-0.4, -0.2) is 29.9 Å². The van der Waals surface area contributed by atoms with Gasteiger partial charge in [-0.25, -0.2) is 0 Å². The van der Waals surface area contributed by atoms with Crippen LogP contribution in [0.1, 0.15) is 6.92 Å². The Kier molecular flexibility index (Phi) is 3.18. The molecule has 0 saturated carbocycles. The van der Waals surface area contributed by atoms with Crippen molar-refractivity contribution in [1.29, 1.82) is 0 Å². The van der Waals surface area contributed by atoms with Gasteiger partial charge in [0.2, 0.25) is 0 Å². The Morgan fingerprint density at radius 3 is 2.33 bits per heavy atom. The third-order valence-corrected chi connectivity index (χ3v) is 5.79. The van der Waals surface area contributed by atoms with Gasteiger partial charge in [0.15, 0.2) is 0 Å². The molecular formula is C13H17O4P. The minimum absolute atomic E-state index is 0.344. The summed E-state index contributed by atoms with van der Waals surface area (Å²) in [7, 11) is -3.18. The number of carbonyl (C=O) groups is 1. The van der Waals surface area contributed by atoms with E-state index in [0.717, 1.165) is 0 Å². The molecule has 98 valence electrons. The van der Waals surface area contributed by atoms with Gasteiger partial charge in [-0.05, 0) is 0 Å². The van der Waals surface area contributed by atoms with Crippen LogP contribution < -0.4 is 9.26 Å². The number of allylic oxidation sites excluding steroid dienone is 2. The van der Waals surface area contributed by atoms with Crippen molar-refractivity contribution < 1.29 is 18.9 Å². The first-order valence-corrected chi connectivity index (χ1v) is 8.68. The van der Waals surface area contributed by atoms with E-state index in [0.29, 0.717) is 23.8 Å². The normalized spacial score (nSPS) is 21.8. The monoisotopic (exact) mass is 268 g/mol. The fourth-order valence-electron chi connectivity index (χ4n) is 1.88. The fourth-order valence-corrected chi connectivity index (χ4v) is 4.27. The summed E-state index contributed by atoms with van der Waals surface area (Å²) in [6, 6.07) is 6.89. The summed E-state index contributed by atoms with van der Waals surface area (Å²) in [6.45, 7) is 3.09. The molecule has 0 saturated heterocycles. The first kappa shape index (κ1) is 13.1. The van der Waals surface area contributed by atoms with Crippen molar-refractivity contribution in [3.63, 3.8) is 0 Å². The van der Waals surface area contributed by atoms with E-state index >= 15 is 0 Å². The summed E-state index contributed by atoms with van der Waals surface area (Å²) in [5, 5.41) is 0. The second-order valence-electron chi connectivity index (χ2n) is 4.83. The van der Waals surface area contributed by atoms with Crippen LogP contribution in [-0.2, 0) is 4.79 Å². The number of hydrogen-bond acceptors (Lipinski definition) is 4. The zero-order valence-electron chi connectivity index (χ0n) is 10.5. The summed E-state index contributed by atoms with van der Waals surface area (Å²) < 4.78 is 10.9. The molecule has 1 heterocycles. The molecule has 0 amide bonds. The Hall–Kier alpha value is -1.38. The van der Waals surface area contributed by atoms with Gasteiger partial charge in [-0.3, -0.25) is 0 Å². The van der Waals surface area contributed by atoms with Crippen LogP contribution in [0, 0.1) is 0 Å². The zero-order valence-corrected chi connectivity index (χ0v) is 11.4. The number of carbonyl (C=O) groups excluding carboxylic acids is 1. The third kappa shape index (κ3) is 2.89. The summed E-state index contributed by atoms with van der Waals surface area (Å²) in [5.74, 6) is 0.351. The van der Waals surface area contributed by atoms with Gasteiger partial charge in [0.1, 0.15) is 0 Å². The van der Waals surface area contributed by atoms with Crippen molar-refractivity contribution in [2.75, 3.05) is 19.0 Å². The summed E-state index contributed by atoms with van der Waals surface area (Å²) in [6.07, 6.45) is 4.90. The van der Waals surface area contributed by atoms with Crippen LogP contribution in [0.2, 0.25) is 0 Å². The zero-order chi connectivity index (χ0) is 13.3. The van der Waals surface area contributed by atoms with E-state index in [4.69, 9.17) is 9.26 Å². The van der Waals surface area contributed by atoms with Crippen LogP contribution in [0.4, 0.5) is 0 Å². The van der Waals surface area contributed by atoms with Gasteiger partial charge in [0.25, 0.3) is 0 Å². The molecule has 0 spiro atoms. The predicted molar refractivity (Wildman–Crippen MR) is 72.3 cm³/mol. The Balaban J connectivity index is 2.26. The molecule has 1 aromatic rings. The Labute approximate surface area is 106 Å². The van der Waals surface area contributed by atoms with Gasteiger partial charge < -0.3 is 0 Å². The average Bonchev–Trinajstić information content (AvgIpc) is 2.62.